The molecular formula is C12H6Cl3N3. The zero-order valence-electron chi connectivity index (χ0n) is 8.94. The van der Waals surface area contributed by atoms with E-state index >= 15 is 0 Å². The smallest absolute Gasteiger partial charge is 0.115 e. The molecule has 0 atom stereocenters. The van der Waals surface area contributed by atoms with Gasteiger partial charge in [-0.3, -0.25) is 0 Å². The lowest BCUT2D eigenvalue weighted by Crippen LogP contribution is -1.97. The lowest BCUT2D eigenvalue weighted by molar-refractivity contribution is 0.824. The SMILES string of the molecule is Clc1ccc(Cl)c(-n2nnc3cc(Cl)ccc32)c1. The second-order valence-corrected chi connectivity index (χ2v) is 5.01. The molecule has 3 rings (SSSR count). The molecule has 90 valence electrons. The first-order valence-electron chi connectivity index (χ1n) is 5.11. The molecule has 0 N–H and O–H groups in total. The van der Waals surface area contributed by atoms with Crippen LogP contribution < -0.4 is 0 Å². The summed E-state index contributed by atoms with van der Waals surface area (Å²) in [6.45, 7) is 0. The Bertz CT molecular complexity index is 737. The first-order chi connectivity index (χ1) is 8.65. The minimum Gasteiger partial charge on any atom is -0.211 e. The monoisotopic (exact) mass is 297 g/mol. The van der Waals surface area contributed by atoms with Crippen molar-refractivity contribution in [1.82, 2.24) is 15.0 Å². The summed E-state index contributed by atoms with van der Waals surface area (Å²) in [6.07, 6.45) is 0. The molecule has 0 aliphatic carbocycles. The Morgan fingerprint density at radius 3 is 2.44 bits per heavy atom. The standard InChI is InChI=1S/C12H6Cl3N3/c13-7-2-4-11-10(5-7)16-17-18(11)12-6-8(14)1-3-9(12)15/h1-6H. The molecule has 1 heterocycles. The van der Waals surface area contributed by atoms with Crippen molar-refractivity contribution in [2.45, 2.75) is 0 Å². The zero-order chi connectivity index (χ0) is 12.7. The molecule has 6 heteroatoms. The van der Waals surface area contributed by atoms with Crippen molar-refractivity contribution < 1.29 is 0 Å². The van der Waals surface area contributed by atoms with Crippen LogP contribution in [0.15, 0.2) is 36.4 Å². The molecule has 0 spiro atoms. The van der Waals surface area contributed by atoms with Gasteiger partial charge in [0.1, 0.15) is 5.52 Å². The third-order valence-corrected chi connectivity index (χ3v) is 3.33. The third kappa shape index (κ3) is 1.94. The van der Waals surface area contributed by atoms with Crippen LogP contribution in [0.4, 0.5) is 0 Å². The second kappa shape index (κ2) is 4.43. The lowest BCUT2D eigenvalue weighted by atomic mass is 10.3. The quantitative estimate of drug-likeness (QED) is 0.667. The van der Waals surface area contributed by atoms with Crippen molar-refractivity contribution in [3.8, 4) is 5.69 Å². The molecule has 0 aliphatic rings. The van der Waals surface area contributed by atoms with Crippen molar-refractivity contribution in [2.75, 3.05) is 0 Å². The maximum absolute atomic E-state index is 6.15. The number of nitrogens with zero attached hydrogens (tertiary/aromatic N) is 3. The molecule has 3 aromatic rings. The number of aromatic nitrogens is 3. The Kier molecular flexibility index (Phi) is 2.90. The van der Waals surface area contributed by atoms with E-state index in [4.69, 9.17) is 34.8 Å². The molecule has 0 saturated carbocycles. The van der Waals surface area contributed by atoms with E-state index in [1.54, 1.807) is 35.0 Å². The van der Waals surface area contributed by atoms with Gasteiger partial charge < -0.3 is 0 Å². The van der Waals surface area contributed by atoms with Gasteiger partial charge >= 0.3 is 0 Å². The van der Waals surface area contributed by atoms with Crippen LogP contribution in [0.3, 0.4) is 0 Å². The Balaban J connectivity index is 2.28. The van der Waals surface area contributed by atoms with E-state index in [1.165, 1.54) is 0 Å². The fourth-order valence-corrected chi connectivity index (χ4v) is 2.25. The maximum Gasteiger partial charge on any atom is 0.115 e. The molecule has 0 radical (unpaired) electrons. The molecule has 18 heavy (non-hydrogen) atoms. The van der Waals surface area contributed by atoms with Crippen LogP contribution in [0.25, 0.3) is 16.7 Å². The van der Waals surface area contributed by atoms with E-state index in [0.717, 1.165) is 5.52 Å². The number of halogens is 3. The van der Waals surface area contributed by atoms with Crippen LogP contribution in [-0.2, 0) is 0 Å². The summed E-state index contributed by atoms with van der Waals surface area (Å²) in [7, 11) is 0. The highest BCUT2D eigenvalue weighted by atomic mass is 35.5. The van der Waals surface area contributed by atoms with Crippen molar-refractivity contribution in [3.05, 3.63) is 51.5 Å². The summed E-state index contributed by atoms with van der Waals surface area (Å²) >= 11 is 18.0. The van der Waals surface area contributed by atoms with Gasteiger partial charge in [-0.1, -0.05) is 40.0 Å². The van der Waals surface area contributed by atoms with Crippen molar-refractivity contribution in [2.24, 2.45) is 0 Å². The Hall–Kier alpha value is -1.29. The van der Waals surface area contributed by atoms with Crippen molar-refractivity contribution in [1.29, 1.82) is 0 Å². The first-order valence-corrected chi connectivity index (χ1v) is 6.25. The van der Waals surface area contributed by atoms with Gasteiger partial charge in [0.15, 0.2) is 0 Å². The number of hydrogen-bond donors (Lipinski definition) is 0. The van der Waals surface area contributed by atoms with E-state index in [9.17, 15) is 0 Å². The van der Waals surface area contributed by atoms with E-state index < -0.39 is 0 Å². The van der Waals surface area contributed by atoms with E-state index in [-0.39, 0.29) is 0 Å². The predicted octanol–water partition coefficient (Wildman–Crippen LogP) is 4.38. The topological polar surface area (TPSA) is 30.7 Å². The summed E-state index contributed by atoms with van der Waals surface area (Å²) in [5.41, 5.74) is 2.22. The molecule has 0 saturated heterocycles. The van der Waals surface area contributed by atoms with E-state index in [1.807, 2.05) is 6.07 Å². The summed E-state index contributed by atoms with van der Waals surface area (Å²) < 4.78 is 1.64. The number of hydrogen-bond acceptors (Lipinski definition) is 2. The summed E-state index contributed by atoms with van der Waals surface area (Å²) in [6, 6.07) is 10.6. The number of benzene rings is 2. The van der Waals surface area contributed by atoms with Gasteiger partial charge in [0.2, 0.25) is 0 Å². The molecule has 0 aliphatic heterocycles. The Morgan fingerprint density at radius 1 is 0.889 bits per heavy atom. The highest BCUT2D eigenvalue weighted by molar-refractivity contribution is 6.34. The van der Waals surface area contributed by atoms with Gasteiger partial charge in [0.05, 0.1) is 16.2 Å². The van der Waals surface area contributed by atoms with Gasteiger partial charge in [0, 0.05) is 10.0 Å². The van der Waals surface area contributed by atoms with Crippen molar-refractivity contribution in [3.63, 3.8) is 0 Å². The fourth-order valence-electron chi connectivity index (χ4n) is 1.72. The summed E-state index contributed by atoms with van der Waals surface area (Å²) in [4.78, 5) is 0. The first kappa shape index (κ1) is 11.8. The average Bonchev–Trinajstić information content (AvgIpc) is 2.75. The van der Waals surface area contributed by atoms with E-state index in [2.05, 4.69) is 10.3 Å². The molecule has 0 amide bonds. The van der Waals surface area contributed by atoms with Crippen molar-refractivity contribution >= 4 is 45.8 Å². The van der Waals surface area contributed by atoms with E-state index in [0.29, 0.717) is 26.3 Å². The minimum absolute atomic E-state index is 0.557. The maximum atomic E-state index is 6.15. The molecule has 0 unspecified atom stereocenters. The molecule has 0 bridgehead atoms. The second-order valence-electron chi connectivity index (χ2n) is 3.73. The highest BCUT2D eigenvalue weighted by Crippen LogP contribution is 2.27. The number of fused-ring (bicyclic) bond motifs is 1. The predicted molar refractivity (Wildman–Crippen MR) is 73.9 cm³/mol. The van der Waals surface area contributed by atoms with Gasteiger partial charge in [-0.15, -0.1) is 5.10 Å². The van der Waals surface area contributed by atoms with Crippen LogP contribution in [0, 0.1) is 0 Å². The minimum atomic E-state index is 0.557. The number of rotatable bonds is 1. The van der Waals surface area contributed by atoms with Crippen LogP contribution in [0.2, 0.25) is 15.1 Å². The third-order valence-electron chi connectivity index (χ3n) is 2.54. The zero-order valence-corrected chi connectivity index (χ0v) is 11.2. The Labute approximate surface area is 118 Å². The highest BCUT2D eigenvalue weighted by Gasteiger charge is 2.10. The van der Waals surface area contributed by atoms with Crippen LogP contribution in [0.5, 0.6) is 0 Å². The Morgan fingerprint density at radius 2 is 1.61 bits per heavy atom. The van der Waals surface area contributed by atoms with Gasteiger partial charge in [-0.05, 0) is 36.4 Å². The lowest BCUT2D eigenvalue weighted by Gasteiger charge is -2.05. The average molecular weight is 299 g/mol. The van der Waals surface area contributed by atoms with Gasteiger partial charge in [-0.2, -0.15) is 0 Å². The normalized spacial score (nSPS) is 11.1. The molecule has 3 nitrogen and oxygen atoms in total. The largest absolute Gasteiger partial charge is 0.211 e. The fraction of sp³-hybridized carbons (Fsp3) is 0. The summed E-state index contributed by atoms with van der Waals surface area (Å²) in [5.74, 6) is 0. The van der Waals surface area contributed by atoms with Gasteiger partial charge in [-0.25, -0.2) is 4.68 Å². The molecule has 2 aromatic carbocycles. The van der Waals surface area contributed by atoms with Gasteiger partial charge in [0.25, 0.3) is 0 Å². The molecular weight excluding hydrogens is 293 g/mol. The summed E-state index contributed by atoms with van der Waals surface area (Å²) in [5, 5.41) is 9.89. The molecule has 0 fully saturated rings. The van der Waals surface area contributed by atoms with Crippen LogP contribution in [-0.4, -0.2) is 15.0 Å². The van der Waals surface area contributed by atoms with Crippen LogP contribution in [0.1, 0.15) is 0 Å². The van der Waals surface area contributed by atoms with Crippen LogP contribution >= 0.6 is 34.8 Å². The molecule has 1 aromatic heterocycles.